The molecule has 0 spiro atoms. The van der Waals surface area contributed by atoms with Gasteiger partial charge in [0, 0.05) is 68.9 Å². The molecule has 1 radical (unpaired) electrons. The summed E-state index contributed by atoms with van der Waals surface area (Å²) < 4.78 is 83.5. The van der Waals surface area contributed by atoms with Gasteiger partial charge in [0.05, 0.1) is 0 Å². The Morgan fingerprint density at radius 2 is 1.31 bits per heavy atom. The van der Waals surface area contributed by atoms with E-state index in [-0.39, 0.29) is 73.0 Å². The minimum absolute atomic E-state index is 0. The molecule has 13 heavy (non-hydrogen) atoms. The largest absolute Gasteiger partial charge is 0.512 e. The van der Waals surface area contributed by atoms with Gasteiger partial charge < -0.3 is 0 Å². The fraction of sp³-hybridized carbons (Fsp3) is 1.00. The monoisotopic (exact) mass is 364 g/mol. The van der Waals surface area contributed by atoms with E-state index in [1.54, 1.807) is 0 Å². The Morgan fingerprint density at radius 3 is 1.38 bits per heavy atom. The molecule has 0 atom stereocenters. The Kier molecular flexibility index (Phi) is 6.70. The predicted octanol–water partition coefficient (Wildman–Crippen LogP) is -0.741. The molecule has 0 aliphatic rings. The van der Waals surface area contributed by atoms with Crippen molar-refractivity contribution in [1.82, 2.24) is 4.13 Å². The van der Waals surface area contributed by atoms with Crippen molar-refractivity contribution in [2.24, 2.45) is 0 Å². The standard InChI is InChI=1S/CHF4NO4S2.Cs/c2-1(3,4)11(7,8)6-12(5,9)10;/h6H;. The maximum absolute atomic E-state index is 11.4. The van der Waals surface area contributed by atoms with Gasteiger partial charge in [-0.1, -0.05) is 8.01 Å². The summed E-state index contributed by atoms with van der Waals surface area (Å²) in [5, 5.41) is 0. The quantitative estimate of drug-likeness (QED) is 0.517. The Labute approximate surface area is 130 Å². The van der Waals surface area contributed by atoms with Gasteiger partial charge in [0.25, 0.3) is 0 Å². The molecule has 0 aliphatic heterocycles. The van der Waals surface area contributed by atoms with Crippen LogP contribution in [0.3, 0.4) is 0 Å². The van der Waals surface area contributed by atoms with E-state index in [0.29, 0.717) is 0 Å². The third-order valence-corrected chi connectivity index (χ3v) is 2.80. The zero-order valence-electron chi connectivity index (χ0n) is 5.96. The van der Waals surface area contributed by atoms with Crippen molar-refractivity contribution >= 4 is 89.3 Å². The summed E-state index contributed by atoms with van der Waals surface area (Å²) in [6.45, 7) is 0. The van der Waals surface area contributed by atoms with Gasteiger partial charge in [0.2, 0.25) is 0 Å². The van der Waals surface area contributed by atoms with Crippen LogP contribution in [0.1, 0.15) is 0 Å². The Balaban J connectivity index is 0. The number of nitrogens with one attached hydrogen (secondary N) is 1. The maximum atomic E-state index is 11.4. The van der Waals surface area contributed by atoms with Gasteiger partial charge in [0.15, 0.2) is 0 Å². The third-order valence-electron chi connectivity index (χ3n) is 0.514. The average molecular weight is 364 g/mol. The topological polar surface area (TPSA) is 80.3 Å². The zero-order valence-corrected chi connectivity index (χ0v) is 13.9. The summed E-state index contributed by atoms with van der Waals surface area (Å²) in [7, 11) is -12.1. The van der Waals surface area contributed by atoms with Gasteiger partial charge in [-0.2, -0.15) is 21.6 Å². The van der Waals surface area contributed by atoms with Gasteiger partial charge in [-0.05, 0) is 0 Å². The van der Waals surface area contributed by atoms with Crippen LogP contribution in [0.2, 0.25) is 0 Å². The molecule has 0 amide bonds. The van der Waals surface area contributed by atoms with E-state index in [9.17, 15) is 33.9 Å². The van der Waals surface area contributed by atoms with E-state index in [1.165, 1.54) is 0 Å². The van der Waals surface area contributed by atoms with Crippen molar-refractivity contribution in [2.45, 2.75) is 5.51 Å². The number of hydrogen-bond acceptors (Lipinski definition) is 4. The van der Waals surface area contributed by atoms with Gasteiger partial charge in [0.1, 0.15) is 0 Å². The van der Waals surface area contributed by atoms with Crippen molar-refractivity contribution in [3.63, 3.8) is 0 Å². The Bertz CT molecular complexity index is 354. The van der Waals surface area contributed by atoms with Crippen LogP contribution in [0.4, 0.5) is 17.1 Å². The first kappa shape index (κ1) is 17.0. The number of alkyl halides is 3. The third kappa shape index (κ3) is 6.67. The zero-order chi connectivity index (χ0) is 10.2. The molecule has 75 valence electrons. The van der Waals surface area contributed by atoms with E-state index in [4.69, 9.17) is 0 Å². The van der Waals surface area contributed by atoms with Crippen molar-refractivity contribution in [2.75, 3.05) is 0 Å². The molecule has 0 aromatic heterocycles. The molecule has 0 saturated heterocycles. The van der Waals surface area contributed by atoms with E-state index < -0.39 is 25.9 Å². The fourth-order valence-corrected chi connectivity index (χ4v) is 1.60. The van der Waals surface area contributed by atoms with E-state index in [2.05, 4.69) is 0 Å². The van der Waals surface area contributed by atoms with Gasteiger partial charge >= 0.3 is 25.9 Å². The smallest absolute Gasteiger partial charge is 0.202 e. The molecule has 0 bridgehead atoms. The summed E-state index contributed by atoms with van der Waals surface area (Å²) in [4.78, 5) is 0. The maximum Gasteiger partial charge on any atom is 0.512 e. The van der Waals surface area contributed by atoms with Crippen molar-refractivity contribution in [1.29, 1.82) is 0 Å². The fourth-order valence-electron chi connectivity index (χ4n) is 0.178. The van der Waals surface area contributed by atoms with Crippen molar-refractivity contribution in [3.8, 4) is 0 Å². The van der Waals surface area contributed by atoms with Crippen LogP contribution in [-0.2, 0) is 20.4 Å². The second kappa shape index (κ2) is 5.11. The summed E-state index contributed by atoms with van der Waals surface area (Å²) in [5.41, 5.74) is -5.86. The first-order chi connectivity index (χ1) is 4.96. The van der Waals surface area contributed by atoms with E-state index in [1.807, 2.05) is 0 Å². The number of hydrogen-bond donors (Lipinski definition) is 1. The molecule has 0 aliphatic carbocycles. The molecule has 0 aromatic carbocycles. The van der Waals surface area contributed by atoms with E-state index >= 15 is 0 Å². The molecule has 0 unspecified atom stereocenters. The van der Waals surface area contributed by atoms with Crippen LogP contribution in [0.15, 0.2) is 0 Å². The first-order valence-corrected chi connectivity index (χ1v) is 4.87. The Morgan fingerprint density at radius 1 is 1.00 bits per heavy atom. The van der Waals surface area contributed by atoms with Gasteiger partial charge in [-0.15, -0.1) is 0 Å². The number of halogens is 4. The normalized spacial score (nSPS) is 13.5. The minimum Gasteiger partial charge on any atom is -0.202 e. The van der Waals surface area contributed by atoms with Crippen LogP contribution in [-0.4, -0.2) is 91.2 Å². The molecule has 0 heterocycles. The number of sulfonamides is 1. The first-order valence-electron chi connectivity index (χ1n) is 2.00. The molecule has 1 N–H and O–H groups in total. The average Bonchev–Trinajstić information content (AvgIpc) is 1.52. The molecule has 0 rings (SSSR count). The van der Waals surface area contributed by atoms with Gasteiger partial charge in [-0.25, -0.2) is 8.42 Å². The molecule has 0 saturated carbocycles. The Hall–Kier alpha value is 1.63. The van der Waals surface area contributed by atoms with Crippen molar-refractivity contribution in [3.05, 3.63) is 0 Å². The summed E-state index contributed by atoms with van der Waals surface area (Å²) >= 11 is 0. The summed E-state index contributed by atoms with van der Waals surface area (Å²) in [5.74, 6) is 0. The predicted molar refractivity (Wildman–Crippen MR) is 33.9 cm³/mol. The van der Waals surface area contributed by atoms with Crippen LogP contribution < -0.4 is 4.13 Å². The van der Waals surface area contributed by atoms with Crippen LogP contribution in [0.25, 0.3) is 0 Å². The second-order valence-corrected chi connectivity index (χ2v) is 4.48. The van der Waals surface area contributed by atoms with E-state index in [0.717, 1.165) is 0 Å². The summed E-state index contributed by atoms with van der Waals surface area (Å²) in [6.07, 6.45) is 0. The summed E-state index contributed by atoms with van der Waals surface area (Å²) in [6, 6.07) is 0. The number of rotatable bonds is 2. The second-order valence-electron chi connectivity index (χ2n) is 1.47. The molecular weight excluding hydrogens is 363 g/mol. The molecule has 0 fully saturated rings. The van der Waals surface area contributed by atoms with Crippen molar-refractivity contribution < 1.29 is 33.9 Å². The molecular formula is CHCsF4NO4S2. The van der Waals surface area contributed by atoms with Crippen LogP contribution >= 0.6 is 0 Å². The SMILES string of the molecule is O=S(=O)(F)NS(=O)(=O)C(F)(F)F.[Cs]. The van der Waals surface area contributed by atoms with Gasteiger partial charge in [-0.3, -0.25) is 0 Å². The molecule has 5 nitrogen and oxygen atoms in total. The van der Waals surface area contributed by atoms with Crippen LogP contribution in [0.5, 0.6) is 0 Å². The minimum atomic E-state index is -6.17. The molecule has 0 aromatic rings. The molecule has 12 heteroatoms. The van der Waals surface area contributed by atoms with Crippen LogP contribution in [0, 0.1) is 0 Å².